The van der Waals surface area contributed by atoms with Crippen molar-refractivity contribution in [3.8, 4) is 0 Å². The van der Waals surface area contributed by atoms with Crippen molar-refractivity contribution in [1.82, 2.24) is 0 Å². The Balaban J connectivity index is 1.75. The van der Waals surface area contributed by atoms with Crippen molar-refractivity contribution >= 4 is 44.6 Å². The minimum absolute atomic E-state index is 0.0592. The quantitative estimate of drug-likeness (QED) is 0.691. The molecule has 3 aromatic carbocycles. The Bertz CT molecular complexity index is 1240. The van der Waals surface area contributed by atoms with Gasteiger partial charge >= 0.3 is 0 Å². The number of primary sulfonamides is 1. The van der Waals surface area contributed by atoms with Crippen LogP contribution in [0.3, 0.4) is 0 Å². The number of fused-ring (bicyclic) bond motifs is 1. The summed E-state index contributed by atoms with van der Waals surface area (Å²) in [6.07, 6.45) is 0. The Kier molecular flexibility index (Phi) is 4.96. The molecule has 3 aromatic rings. The van der Waals surface area contributed by atoms with Crippen LogP contribution in [0.5, 0.6) is 0 Å². The molecule has 0 saturated heterocycles. The van der Waals surface area contributed by atoms with Crippen LogP contribution in [0.1, 0.15) is 11.1 Å². The number of sulfonamides is 1. The third-order valence-electron chi connectivity index (χ3n) is 4.54. The standard InChI is InChI=1S/C21H16ClN3O3S/c22-15-10-8-14(9-11-15)13-25-19-7-2-1-6-18(19)20(21(25)26)24-16-4-3-5-17(12-16)29(23,27)28/h1-12H,13H2,(H2,23,27,28). The van der Waals surface area contributed by atoms with Gasteiger partial charge in [0.15, 0.2) is 0 Å². The second kappa shape index (κ2) is 7.44. The van der Waals surface area contributed by atoms with Crippen LogP contribution in [-0.2, 0) is 21.4 Å². The number of benzene rings is 3. The summed E-state index contributed by atoms with van der Waals surface area (Å²) in [5.41, 5.74) is 2.94. The highest BCUT2D eigenvalue weighted by atomic mass is 35.5. The van der Waals surface area contributed by atoms with Crippen molar-refractivity contribution in [1.29, 1.82) is 0 Å². The second-order valence-electron chi connectivity index (χ2n) is 6.54. The van der Waals surface area contributed by atoms with Crippen molar-refractivity contribution in [3.05, 3.63) is 88.9 Å². The number of aliphatic imine (C=N–C) groups is 1. The van der Waals surface area contributed by atoms with Crippen LogP contribution >= 0.6 is 11.6 Å². The highest BCUT2D eigenvalue weighted by Crippen LogP contribution is 2.32. The maximum absolute atomic E-state index is 13.1. The van der Waals surface area contributed by atoms with E-state index in [2.05, 4.69) is 4.99 Å². The van der Waals surface area contributed by atoms with E-state index in [1.54, 1.807) is 23.1 Å². The fourth-order valence-electron chi connectivity index (χ4n) is 3.16. The molecule has 0 spiro atoms. The van der Waals surface area contributed by atoms with Crippen molar-refractivity contribution in [2.75, 3.05) is 4.90 Å². The summed E-state index contributed by atoms with van der Waals surface area (Å²) in [7, 11) is -3.86. The van der Waals surface area contributed by atoms with E-state index in [1.807, 2.05) is 36.4 Å². The molecular weight excluding hydrogens is 410 g/mol. The lowest BCUT2D eigenvalue weighted by Gasteiger charge is -2.16. The lowest BCUT2D eigenvalue weighted by molar-refractivity contribution is -0.112. The summed E-state index contributed by atoms with van der Waals surface area (Å²) < 4.78 is 23.2. The largest absolute Gasteiger partial charge is 0.302 e. The Morgan fingerprint density at radius 2 is 1.69 bits per heavy atom. The zero-order valence-corrected chi connectivity index (χ0v) is 16.7. The molecule has 1 aliphatic rings. The highest BCUT2D eigenvalue weighted by molar-refractivity contribution is 7.89. The molecule has 8 heteroatoms. The molecule has 1 amide bonds. The summed E-state index contributed by atoms with van der Waals surface area (Å²) in [5.74, 6) is -0.262. The molecule has 146 valence electrons. The van der Waals surface area contributed by atoms with E-state index in [1.165, 1.54) is 18.2 Å². The predicted molar refractivity (Wildman–Crippen MR) is 113 cm³/mol. The van der Waals surface area contributed by atoms with Crippen LogP contribution in [0.4, 0.5) is 11.4 Å². The Labute approximate surface area is 173 Å². The molecule has 0 bridgehead atoms. The van der Waals surface area contributed by atoms with Crippen LogP contribution in [0.2, 0.25) is 5.02 Å². The third-order valence-corrected chi connectivity index (χ3v) is 5.70. The van der Waals surface area contributed by atoms with E-state index in [4.69, 9.17) is 16.7 Å². The molecule has 0 atom stereocenters. The Morgan fingerprint density at radius 1 is 0.966 bits per heavy atom. The number of carbonyl (C=O) groups excluding carboxylic acids is 1. The first-order chi connectivity index (χ1) is 13.8. The molecule has 6 nitrogen and oxygen atoms in total. The minimum Gasteiger partial charge on any atom is -0.302 e. The highest BCUT2D eigenvalue weighted by Gasteiger charge is 2.33. The second-order valence-corrected chi connectivity index (χ2v) is 8.54. The summed E-state index contributed by atoms with van der Waals surface area (Å²) in [6.45, 7) is 0.364. The van der Waals surface area contributed by atoms with Gasteiger partial charge in [-0.3, -0.25) is 4.79 Å². The molecule has 0 fully saturated rings. The number of carbonyl (C=O) groups is 1. The van der Waals surface area contributed by atoms with E-state index < -0.39 is 10.0 Å². The van der Waals surface area contributed by atoms with Gasteiger partial charge in [0.1, 0.15) is 5.71 Å². The van der Waals surface area contributed by atoms with Gasteiger partial charge in [-0.2, -0.15) is 0 Å². The van der Waals surface area contributed by atoms with Crippen LogP contribution in [0.15, 0.2) is 82.7 Å². The number of nitrogens with zero attached hydrogens (tertiary/aromatic N) is 2. The topological polar surface area (TPSA) is 92.8 Å². The number of amides is 1. The normalized spacial score (nSPS) is 15.0. The molecule has 0 aromatic heterocycles. The first kappa shape index (κ1) is 19.3. The van der Waals surface area contributed by atoms with Gasteiger partial charge in [-0.25, -0.2) is 18.5 Å². The number of halogens is 1. The third kappa shape index (κ3) is 3.93. The number of nitrogens with two attached hydrogens (primary N) is 1. The van der Waals surface area contributed by atoms with Gasteiger partial charge in [0, 0.05) is 10.6 Å². The fourth-order valence-corrected chi connectivity index (χ4v) is 3.84. The molecule has 0 radical (unpaired) electrons. The zero-order chi connectivity index (χ0) is 20.6. The van der Waals surface area contributed by atoms with E-state index in [0.717, 1.165) is 11.3 Å². The van der Waals surface area contributed by atoms with Gasteiger partial charge in [0.2, 0.25) is 10.0 Å². The van der Waals surface area contributed by atoms with Crippen LogP contribution < -0.4 is 10.0 Å². The summed E-state index contributed by atoms with van der Waals surface area (Å²) in [4.78, 5) is 19.2. The van der Waals surface area contributed by atoms with Crippen molar-refractivity contribution in [2.45, 2.75) is 11.4 Å². The Morgan fingerprint density at radius 3 is 2.41 bits per heavy atom. The molecule has 1 heterocycles. The smallest absolute Gasteiger partial charge is 0.277 e. The number of rotatable bonds is 4. The molecule has 4 rings (SSSR count). The summed E-state index contributed by atoms with van der Waals surface area (Å²) in [6, 6.07) is 20.5. The molecule has 0 aliphatic carbocycles. The minimum atomic E-state index is -3.86. The van der Waals surface area contributed by atoms with Crippen molar-refractivity contribution in [2.24, 2.45) is 10.1 Å². The number of hydrogen-bond donors (Lipinski definition) is 1. The van der Waals surface area contributed by atoms with E-state index in [9.17, 15) is 13.2 Å². The molecule has 0 saturated carbocycles. The summed E-state index contributed by atoms with van der Waals surface area (Å²) >= 11 is 5.94. The van der Waals surface area contributed by atoms with Crippen LogP contribution in [0, 0.1) is 0 Å². The molecule has 1 aliphatic heterocycles. The maximum Gasteiger partial charge on any atom is 0.277 e. The van der Waals surface area contributed by atoms with Gasteiger partial charge in [0.05, 0.1) is 22.8 Å². The van der Waals surface area contributed by atoms with Gasteiger partial charge in [-0.15, -0.1) is 0 Å². The molecule has 0 unspecified atom stereocenters. The van der Waals surface area contributed by atoms with Crippen LogP contribution in [-0.4, -0.2) is 20.0 Å². The monoisotopic (exact) mass is 425 g/mol. The van der Waals surface area contributed by atoms with Gasteiger partial charge in [-0.05, 0) is 42.0 Å². The van der Waals surface area contributed by atoms with E-state index in [-0.39, 0.29) is 16.5 Å². The van der Waals surface area contributed by atoms with Gasteiger partial charge in [0.25, 0.3) is 5.91 Å². The lowest BCUT2D eigenvalue weighted by atomic mass is 10.1. The van der Waals surface area contributed by atoms with Gasteiger partial charge in [-0.1, -0.05) is 48.0 Å². The fraction of sp³-hybridized carbons (Fsp3) is 0.0476. The summed E-state index contributed by atoms with van der Waals surface area (Å²) in [5, 5.41) is 5.82. The van der Waals surface area contributed by atoms with Crippen molar-refractivity contribution in [3.63, 3.8) is 0 Å². The van der Waals surface area contributed by atoms with Crippen LogP contribution in [0.25, 0.3) is 0 Å². The SMILES string of the molecule is NS(=O)(=O)c1cccc(N=C2C(=O)N(Cc3ccc(Cl)cc3)c3ccccc32)c1. The Hall–Kier alpha value is -3.00. The molecular formula is C21H16ClN3O3S. The maximum atomic E-state index is 13.1. The molecule has 2 N–H and O–H groups in total. The van der Waals surface area contributed by atoms with Gasteiger partial charge < -0.3 is 4.90 Å². The molecule has 29 heavy (non-hydrogen) atoms. The number of hydrogen-bond acceptors (Lipinski definition) is 4. The first-order valence-electron chi connectivity index (χ1n) is 8.70. The first-order valence-corrected chi connectivity index (χ1v) is 10.6. The average molecular weight is 426 g/mol. The lowest BCUT2D eigenvalue weighted by Crippen LogP contribution is -2.29. The van der Waals surface area contributed by atoms with E-state index in [0.29, 0.717) is 22.8 Å². The number of para-hydroxylation sites is 1. The zero-order valence-electron chi connectivity index (χ0n) is 15.1. The predicted octanol–water partition coefficient (Wildman–Crippen LogP) is 3.66. The average Bonchev–Trinajstić information content (AvgIpc) is 2.95. The number of anilines is 1. The van der Waals surface area contributed by atoms with E-state index >= 15 is 0 Å². The van der Waals surface area contributed by atoms with Crippen molar-refractivity contribution < 1.29 is 13.2 Å².